The van der Waals surface area contributed by atoms with Gasteiger partial charge in [-0.3, -0.25) is 0 Å². The van der Waals surface area contributed by atoms with Crippen LogP contribution in [0.3, 0.4) is 0 Å². The Balaban J connectivity index is 7.24. The molecule has 0 aliphatic heterocycles. The Morgan fingerprint density at radius 2 is 0.852 bits per heavy atom. The third-order valence-corrected chi connectivity index (χ3v) is 13.6. The molecule has 0 fully saturated rings. The summed E-state index contributed by atoms with van der Waals surface area (Å²) in [5, 5.41) is -13.9. The first-order valence-corrected chi connectivity index (χ1v) is 11.6. The van der Waals surface area contributed by atoms with Gasteiger partial charge in [0.1, 0.15) is 0 Å². The van der Waals surface area contributed by atoms with Crippen LogP contribution in [0.1, 0.15) is 13.8 Å². The molecule has 27 heavy (non-hydrogen) atoms. The molecular formula is C9H13F10NO4S3. The Hall–Kier alpha value is -0.490. The second-order valence-corrected chi connectivity index (χ2v) is 13.3. The molecule has 0 N–H and O–H groups in total. The number of alkyl halides is 10. The SMILES string of the molecule is CCS(C)(CC)N(S(=O)(=O)C(F)(F)C(F)(F)F)S(=O)(=O)C(F)(F)C(F)(F)F. The maximum Gasteiger partial charge on any atom is 0.471 e. The molecule has 0 unspecified atom stereocenters. The zero-order valence-corrected chi connectivity index (χ0v) is 15.9. The Morgan fingerprint density at radius 1 is 0.630 bits per heavy atom. The van der Waals surface area contributed by atoms with Gasteiger partial charge in [0.2, 0.25) is 0 Å². The smallest absolute Gasteiger partial charge is 0.204 e. The fraction of sp³-hybridized carbons (Fsp3) is 1.00. The van der Waals surface area contributed by atoms with Gasteiger partial charge in [-0.15, -0.1) is 0 Å². The molecule has 0 spiro atoms. The highest BCUT2D eigenvalue weighted by molar-refractivity contribution is 8.40. The lowest BCUT2D eigenvalue weighted by Crippen LogP contribution is -2.59. The topological polar surface area (TPSA) is 71.5 Å². The van der Waals surface area contributed by atoms with Crippen molar-refractivity contribution in [3.05, 3.63) is 0 Å². The minimum Gasteiger partial charge on any atom is -0.204 e. The third-order valence-electron chi connectivity index (χ3n) is 3.30. The minimum atomic E-state index is -7.60. The van der Waals surface area contributed by atoms with Crippen LogP contribution in [0.2, 0.25) is 0 Å². The van der Waals surface area contributed by atoms with Gasteiger partial charge in [0.25, 0.3) is 0 Å². The first-order chi connectivity index (χ1) is 11.5. The molecule has 5 nitrogen and oxygen atoms in total. The number of hydrogen-bond acceptors (Lipinski definition) is 4. The van der Waals surface area contributed by atoms with E-state index in [4.69, 9.17) is 0 Å². The van der Waals surface area contributed by atoms with E-state index in [1.54, 1.807) is 0 Å². The zero-order valence-electron chi connectivity index (χ0n) is 13.5. The molecule has 0 aliphatic carbocycles. The highest BCUT2D eigenvalue weighted by Crippen LogP contribution is 2.59. The Labute approximate surface area is 149 Å². The van der Waals surface area contributed by atoms with Gasteiger partial charge in [0.05, 0.1) is 0 Å². The van der Waals surface area contributed by atoms with Crippen LogP contribution in [0, 0.1) is 0 Å². The summed E-state index contributed by atoms with van der Waals surface area (Å²) >= 11 is 0. The van der Waals surface area contributed by atoms with E-state index in [9.17, 15) is 60.7 Å². The Bertz CT molecular complexity index is 696. The molecule has 0 aromatic carbocycles. The second kappa shape index (κ2) is 7.08. The summed E-state index contributed by atoms with van der Waals surface area (Å²) in [6.07, 6.45) is -13.6. The van der Waals surface area contributed by atoms with E-state index in [1.807, 2.05) is 0 Å². The van der Waals surface area contributed by atoms with Crippen molar-refractivity contribution < 1.29 is 60.7 Å². The molecule has 0 heterocycles. The molecule has 0 radical (unpaired) electrons. The highest BCUT2D eigenvalue weighted by atomic mass is 32.4. The summed E-state index contributed by atoms with van der Waals surface area (Å²) in [6, 6.07) is 0. The van der Waals surface area contributed by atoms with E-state index in [0.717, 1.165) is 13.8 Å². The largest absolute Gasteiger partial charge is 0.471 e. The van der Waals surface area contributed by atoms with Crippen molar-refractivity contribution in [2.24, 2.45) is 0 Å². The van der Waals surface area contributed by atoms with Crippen molar-refractivity contribution in [3.8, 4) is 0 Å². The summed E-state index contributed by atoms with van der Waals surface area (Å²) in [6.45, 7) is 1.66. The molecular weight excluding hydrogens is 472 g/mol. The molecule has 0 aliphatic rings. The maximum absolute atomic E-state index is 13.4. The van der Waals surface area contributed by atoms with E-state index in [2.05, 4.69) is 0 Å². The lowest BCUT2D eigenvalue weighted by atomic mass is 10.7. The summed E-state index contributed by atoms with van der Waals surface area (Å²) in [7, 11) is -19.3. The molecule has 0 aromatic heterocycles. The van der Waals surface area contributed by atoms with E-state index in [1.165, 1.54) is 0 Å². The first-order valence-electron chi connectivity index (χ1n) is 6.41. The van der Waals surface area contributed by atoms with Gasteiger partial charge >= 0.3 is 42.9 Å². The average molecular weight is 485 g/mol. The van der Waals surface area contributed by atoms with Crippen molar-refractivity contribution in [3.63, 3.8) is 0 Å². The van der Waals surface area contributed by atoms with Crippen LogP contribution < -0.4 is 0 Å². The predicted molar refractivity (Wildman–Crippen MR) is 76.3 cm³/mol. The standard InChI is InChI=1S/C9H13F10NO4S3/c1-4-25(3,5-2)20(26(21,22)8(16,17)6(10,11)12)27(23,24)9(18,19)7(13,14)15/h4-5H2,1-3H3. The molecule has 0 saturated heterocycles. The van der Waals surface area contributed by atoms with Crippen molar-refractivity contribution in [1.82, 2.24) is 3.12 Å². The van der Waals surface area contributed by atoms with Gasteiger partial charge < -0.3 is 0 Å². The van der Waals surface area contributed by atoms with Gasteiger partial charge in [-0.1, -0.05) is 13.8 Å². The predicted octanol–water partition coefficient (Wildman–Crippen LogP) is 3.65. The monoisotopic (exact) mass is 485 g/mol. The van der Waals surface area contributed by atoms with Crippen molar-refractivity contribution in [1.29, 1.82) is 0 Å². The summed E-state index contributed by atoms with van der Waals surface area (Å²) < 4.78 is 174. The van der Waals surface area contributed by atoms with Crippen molar-refractivity contribution in [2.75, 3.05) is 17.8 Å². The zero-order chi connectivity index (χ0) is 22.5. The van der Waals surface area contributed by atoms with Gasteiger partial charge in [-0.2, -0.15) is 54.1 Å². The molecule has 0 rings (SSSR count). The van der Waals surface area contributed by atoms with Gasteiger partial charge in [-0.25, -0.2) is 16.8 Å². The number of sulfonamides is 2. The Kier molecular flexibility index (Phi) is 6.96. The molecule has 18 heteroatoms. The van der Waals surface area contributed by atoms with Crippen LogP contribution >= 0.6 is 10.2 Å². The van der Waals surface area contributed by atoms with Crippen molar-refractivity contribution >= 4 is 30.3 Å². The first kappa shape index (κ1) is 26.5. The average Bonchev–Trinajstić information content (AvgIpc) is 2.43. The summed E-state index contributed by atoms with van der Waals surface area (Å²) in [5.41, 5.74) is 0. The lowest BCUT2D eigenvalue weighted by molar-refractivity contribution is -0.243. The number of nitrogens with zero attached hydrogens (tertiary/aromatic N) is 1. The molecule has 0 bridgehead atoms. The van der Waals surface area contributed by atoms with Gasteiger partial charge in [0.15, 0.2) is 0 Å². The second-order valence-electron chi connectivity index (χ2n) is 5.00. The van der Waals surface area contributed by atoms with Crippen LogP contribution in [0.15, 0.2) is 0 Å². The number of hydrogen-bond donors (Lipinski definition) is 0. The van der Waals surface area contributed by atoms with E-state index < -0.39 is 67.7 Å². The molecule has 0 saturated carbocycles. The highest BCUT2D eigenvalue weighted by Gasteiger charge is 2.77. The van der Waals surface area contributed by atoms with E-state index in [-0.39, 0.29) is 0 Å². The van der Waals surface area contributed by atoms with Crippen molar-refractivity contribution in [2.45, 2.75) is 36.7 Å². The van der Waals surface area contributed by atoms with Crippen LogP contribution in [0.5, 0.6) is 0 Å². The fourth-order valence-electron chi connectivity index (χ4n) is 1.50. The number of halogens is 10. The summed E-state index contributed by atoms with van der Waals surface area (Å²) in [5.74, 6) is -1.83. The normalized spacial score (nSPS) is 16.7. The Morgan fingerprint density at radius 3 is 1.00 bits per heavy atom. The van der Waals surface area contributed by atoms with E-state index in [0.29, 0.717) is 6.26 Å². The number of rotatable bonds is 7. The minimum absolute atomic E-state index is 0.418. The quantitative estimate of drug-likeness (QED) is 0.517. The summed E-state index contributed by atoms with van der Waals surface area (Å²) in [4.78, 5) is 0. The molecule has 0 amide bonds. The van der Waals surface area contributed by atoms with Crippen LogP contribution in [-0.4, -0.2) is 60.6 Å². The molecule has 0 aromatic rings. The van der Waals surface area contributed by atoms with Gasteiger partial charge in [0, 0.05) is 0 Å². The van der Waals surface area contributed by atoms with Crippen LogP contribution in [0.25, 0.3) is 0 Å². The molecule has 0 atom stereocenters. The molecule has 166 valence electrons. The van der Waals surface area contributed by atoms with Crippen LogP contribution in [0.4, 0.5) is 43.9 Å². The van der Waals surface area contributed by atoms with Gasteiger partial charge in [-0.05, 0) is 20.9 Å². The fourth-order valence-corrected chi connectivity index (χ4v) is 10.5. The third kappa shape index (κ3) is 3.98. The lowest BCUT2D eigenvalue weighted by Gasteiger charge is -2.44. The van der Waals surface area contributed by atoms with E-state index >= 15 is 0 Å². The van der Waals surface area contributed by atoms with Crippen LogP contribution in [-0.2, 0) is 20.0 Å². The maximum atomic E-state index is 13.4.